The Bertz CT molecular complexity index is 1210. The Kier molecular flexibility index (Phi) is 7.67. The SMILES string of the molecule is O=C(NC(=S)Nc1ccccc1N1CCN(C(=O)c2ccc(Cl)cc2)CC1)c1ccccc1Cl. The van der Waals surface area contributed by atoms with Crippen LogP contribution in [0.5, 0.6) is 0 Å². The zero-order valence-corrected chi connectivity index (χ0v) is 20.5. The maximum Gasteiger partial charge on any atom is 0.258 e. The largest absolute Gasteiger partial charge is 0.366 e. The maximum atomic E-state index is 12.8. The Morgan fingerprint density at radius 2 is 1.47 bits per heavy atom. The van der Waals surface area contributed by atoms with Crippen LogP contribution in [-0.4, -0.2) is 48.0 Å². The van der Waals surface area contributed by atoms with Gasteiger partial charge in [-0.15, -0.1) is 0 Å². The molecule has 0 atom stereocenters. The lowest BCUT2D eigenvalue weighted by atomic mass is 10.1. The summed E-state index contributed by atoms with van der Waals surface area (Å²) in [5.74, 6) is -0.388. The number of amides is 2. The number of carbonyl (C=O) groups excluding carboxylic acids is 2. The molecule has 2 amide bonds. The fourth-order valence-electron chi connectivity index (χ4n) is 3.75. The third-order valence-corrected chi connectivity index (χ3v) is 6.28. The molecule has 1 heterocycles. The molecule has 0 spiro atoms. The average molecular weight is 513 g/mol. The lowest BCUT2D eigenvalue weighted by molar-refractivity contribution is 0.0746. The van der Waals surface area contributed by atoms with Crippen LogP contribution in [0.1, 0.15) is 20.7 Å². The number of nitrogens with zero attached hydrogens (tertiary/aromatic N) is 2. The van der Waals surface area contributed by atoms with E-state index in [0.717, 1.165) is 11.4 Å². The fourth-order valence-corrected chi connectivity index (χ4v) is 4.30. The number of halogens is 2. The minimum absolute atomic E-state index is 0.00816. The van der Waals surface area contributed by atoms with Gasteiger partial charge in [0.25, 0.3) is 11.8 Å². The molecule has 3 aromatic rings. The summed E-state index contributed by atoms with van der Waals surface area (Å²) in [4.78, 5) is 29.3. The number of para-hydroxylation sites is 2. The van der Waals surface area contributed by atoms with E-state index < -0.39 is 0 Å². The molecule has 0 bridgehead atoms. The first-order valence-electron chi connectivity index (χ1n) is 10.7. The molecular weight excluding hydrogens is 491 g/mol. The van der Waals surface area contributed by atoms with Crippen molar-refractivity contribution in [3.05, 3.63) is 94.0 Å². The highest BCUT2D eigenvalue weighted by atomic mass is 35.5. The van der Waals surface area contributed by atoms with Crippen molar-refractivity contribution < 1.29 is 9.59 Å². The lowest BCUT2D eigenvalue weighted by Gasteiger charge is -2.37. The fraction of sp³-hybridized carbons (Fsp3) is 0.160. The standard InChI is InChI=1S/C25H22Cl2N4O2S/c26-18-11-9-17(10-12-18)24(33)31-15-13-30(14-16-31)22-8-4-3-7-21(22)28-25(34)29-23(32)19-5-1-2-6-20(19)27/h1-12H,13-16H2,(H2,28,29,32,34). The van der Waals surface area contributed by atoms with Gasteiger partial charge in [-0.05, 0) is 60.7 Å². The Hall–Kier alpha value is -3.13. The first-order chi connectivity index (χ1) is 16.4. The molecule has 34 heavy (non-hydrogen) atoms. The molecule has 0 radical (unpaired) electrons. The van der Waals surface area contributed by atoms with Gasteiger partial charge in [0.1, 0.15) is 0 Å². The van der Waals surface area contributed by atoms with E-state index in [1.54, 1.807) is 48.5 Å². The summed E-state index contributed by atoms with van der Waals surface area (Å²) in [7, 11) is 0. The number of benzene rings is 3. The number of carbonyl (C=O) groups is 2. The molecule has 1 aliphatic heterocycles. The maximum absolute atomic E-state index is 12.8. The predicted molar refractivity (Wildman–Crippen MR) is 141 cm³/mol. The third-order valence-electron chi connectivity index (χ3n) is 5.50. The Morgan fingerprint density at radius 3 is 2.18 bits per heavy atom. The van der Waals surface area contributed by atoms with Gasteiger partial charge in [-0.2, -0.15) is 0 Å². The van der Waals surface area contributed by atoms with E-state index >= 15 is 0 Å². The van der Waals surface area contributed by atoms with Gasteiger partial charge in [0, 0.05) is 36.8 Å². The van der Waals surface area contributed by atoms with E-state index in [0.29, 0.717) is 47.4 Å². The summed E-state index contributed by atoms with van der Waals surface area (Å²) in [5, 5.41) is 6.92. The van der Waals surface area contributed by atoms with Crippen molar-refractivity contribution in [1.29, 1.82) is 0 Å². The molecule has 9 heteroatoms. The van der Waals surface area contributed by atoms with E-state index in [1.165, 1.54) is 0 Å². The van der Waals surface area contributed by atoms with Crippen LogP contribution in [0.25, 0.3) is 0 Å². The molecule has 4 rings (SSSR count). The van der Waals surface area contributed by atoms with E-state index in [2.05, 4.69) is 15.5 Å². The topological polar surface area (TPSA) is 64.7 Å². The average Bonchev–Trinajstić information content (AvgIpc) is 2.85. The number of hydrogen-bond donors (Lipinski definition) is 2. The Labute approximate surface area is 213 Å². The van der Waals surface area contributed by atoms with Crippen molar-refractivity contribution in [2.75, 3.05) is 36.4 Å². The number of rotatable bonds is 4. The van der Waals surface area contributed by atoms with Crippen LogP contribution >= 0.6 is 35.4 Å². The number of piperazine rings is 1. The third kappa shape index (κ3) is 5.67. The van der Waals surface area contributed by atoms with Crippen molar-refractivity contribution >= 4 is 63.7 Å². The predicted octanol–water partition coefficient (Wildman–Crippen LogP) is 5.08. The molecule has 1 saturated heterocycles. The molecule has 1 aliphatic rings. The van der Waals surface area contributed by atoms with Crippen molar-refractivity contribution in [2.24, 2.45) is 0 Å². The Balaban J connectivity index is 1.38. The number of hydrogen-bond acceptors (Lipinski definition) is 4. The van der Waals surface area contributed by atoms with Gasteiger partial charge in [-0.1, -0.05) is 47.5 Å². The smallest absolute Gasteiger partial charge is 0.258 e. The van der Waals surface area contributed by atoms with Gasteiger partial charge in [-0.3, -0.25) is 14.9 Å². The van der Waals surface area contributed by atoms with Crippen LogP contribution in [0.2, 0.25) is 10.0 Å². The highest BCUT2D eigenvalue weighted by Crippen LogP contribution is 2.27. The van der Waals surface area contributed by atoms with Gasteiger partial charge in [0.2, 0.25) is 0 Å². The van der Waals surface area contributed by atoms with Crippen LogP contribution < -0.4 is 15.5 Å². The van der Waals surface area contributed by atoms with E-state index in [9.17, 15) is 9.59 Å². The highest BCUT2D eigenvalue weighted by Gasteiger charge is 2.24. The second kappa shape index (κ2) is 10.9. The highest BCUT2D eigenvalue weighted by molar-refractivity contribution is 7.80. The van der Waals surface area contributed by atoms with Crippen LogP contribution in [-0.2, 0) is 0 Å². The first kappa shape index (κ1) is 24.0. The van der Waals surface area contributed by atoms with Gasteiger partial charge >= 0.3 is 0 Å². The quantitative estimate of drug-likeness (QED) is 0.477. The minimum atomic E-state index is -0.380. The van der Waals surface area contributed by atoms with Crippen LogP contribution in [0.3, 0.4) is 0 Å². The van der Waals surface area contributed by atoms with Crippen molar-refractivity contribution in [2.45, 2.75) is 0 Å². The van der Waals surface area contributed by atoms with E-state index in [1.807, 2.05) is 29.2 Å². The summed E-state index contributed by atoms with van der Waals surface area (Å²) in [6.07, 6.45) is 0. The molecule has 174 valence electrons. The van der Waals surface area contributed by atoms with E-state index in [4.69, 9.17) is 35.4 Å². The first-order valence-corrected chi connectivity index (χ1v) is 11.8. The molecule has 6 nitrogen and oxygen atoms in total. The lowest BCUT2D eigenvalue weighted by Crippen LogP contribution is -2.49. The Morgan fingerprint density at radius 1 is 0.824 bits per heavy atom. The zero-order chi connectivity index (χ0) is 24.1. The second-order valence-electron chi connectivity index (χ2n) is 7.69. The molecule has 3 aromatic carbocycles. The molecule has 2 N–H and O–H groups in total. The van der Waals surface area contributed by atoms with Crippen molar-refractivity contribution in [1.82, 2.24) is 10.2 Å². The summed E-state index contributed by atoms with van der Waals surface area (Å²) >= 11 is 17.4. The van der Waals surface area contributed by atoms with E-state index in [-0.39, 0.29) is 16.9 Å². The zero-order valence-electron chi connectivity index (χ0n) is 18.1. The van der Waals surface area contributed by atoms with Gasteiger partial charge in [0.15, 0.2) is 5.11 Å². The minimum Gasteiger partial charge on any atom is -0.366 e. The number of thiocarbonyl (C=S) groups is 1. The van der Waals surface area contributed by atoms with Crippen LogP contribution in [0, 0.1) is 0 Å². The molecular formula is C25H22Cl2N4O2S. The van der Waals surface area contributed by atoms with Gasteiger partial charge in [-0.25, -0.2) is 0 Å². The number of nitrogens with one attached hydrogen (secondary N) is 2. The van der Waals surface area contributed by atoms with Gasteiger partial charge in [0.05, 0.1) is 22.0 Å². The van der Waals surface area contributed by atoms with Crippen molar-refractivity contribution in [3.8, 4) is 0 Å². The molecule has 0 aromatic heterocycles. The molecule has 0 aliphatic carbocycles. The number of anilines is 2. The molecule has 0 unspecified atom stereocenters. The second-order valence-corrected chi connectivity index (χ2v) is 8.94. The molecule has 1 fully saturated rings. The molecule has 0 saturated carbocycles. The summed E-state index contributed by atoms with van der Waals surface area (Å²) in [6.45, 7) is 2.50. The van der Waals surface area contributed by atoms with Crippen LogP contribution in [0.4, 0.5) is 11.4 Å². The summed E-state index contributed by atoms with van der Waals surface area (Å²) in [6, 6.07) is 21.4. The monoisotopic (exact) mass is 512 g/mol. The van der Waals surface area contributed by atoms with Crippen LogP contribution in [0.15, 0.2) is 72.8 Å². The summed E-state index contributed by atoms with van der Waals surface area (Å²) < 4.78 is 0. The summed E-state index contributed by atoms with van der Waals surface area (Å²) in [5.41, 5.74) is 2.68. The van der Waals surface area contributed by atoms with Gasteiger partial charge < -0.3 is 15.1 Å². The van der Waals surface area contributed by atoms with Crippen molar-refractivity contribution in [3.63, 3.8) is 0 Å². The normalized spacial score (nSPS) is 13.4.